The number of hydrogen-bond acceptors (Lipinski definition) is 5. The molecule has 4 atom stereocenters. The fourth-order valence-electron chi connectivity index (χ4n) is 5.87. The number of likely N-dealkylation sites (N-methyl/N-ethyl adjacent to an activating group) is 1. The van der Waals surface area contributed by atoms with Crippen molar-refractivity contribution in [2.45, 2.75) is 50.2 Å². The van der Waals surface area contributed by atoms with Gasteiger partial charge in [0.25, 0.3) is 5.91 Å². The molecular formula is C26H33BrN2O5Si. The predicted molar refractivity (Wildman–Crippen MR) is 140 cm³/mol. The molecule has 0 radical (unpaired) electrons. The Labute approximate surface area is 216 Å². The fourth-order valence-corrected chi connectivity index (χ4v) is 8.79. The van der Waals surface area contributed by atoms with Gasteiger partial charge in [-0.25, -0.2) is 0 Å². The van der Waals surface area contributed by atoms with Gasteiger partial charge in [0.2, 0.25) is 5.91 Å². The maximum absolute atomic E-state index is 13.7. The summed E-state index contributed by atoms with van der Waals surface area (Å²) in [5, 5.41) is 9.60. The van der Waals surface area contributed by atoms with Crippen LogP contribution in [0.25, 0.3) is 0 Å². The molecule has 188 valence electrons. The average Bonchev–Trinajstić information content (AvgIpc) is 3.21. The first-order chi connectivity index (χ1) is 16.5. The third-order valence-corrected chi connectivity index (χ3v) is 10.4. The molecule has 0 saturated carbocycles. The lowest BCUT2D eigenvalue weighted by Crippen LogP contribution is -2.45. The number of amides is 2. The molecule has 2 heterocycles. The molecule has 0 bridgehead atoms. The molecule has 2 aromatic carbocycles. The van der Waals surface area contributed by atoms with E-state index in [1.54, 1.807) is 16.8 Å². The molecule has 1 saturated heterocycles. The topological polar surface area (TPSA) is 90.3 Å². The number of benzene rings is 2. The van der Waals surface area contributed by atoms with Crippen molar-refractivity contribution in [3.05, 3.63) is 64.1 Å². The van der Waals surface area contributed by atoms with Crippen LogP contribution in [0.3, 0.4) is 0 Å². The number of halogens is 1. The maximum atomic E-state index is 13.7. The zero-order chi connectivity index (χ0) is 25.5. The Hall–Kier alpha value is -2.04. The minimum absolute atomic E-state index is 0.0287. The number of fused-ring (bicyclic) bond motifs is 2. The second-order valence-electron chi connectivity index (χ2n) is 10.1. The van der Waals surface area contributed by atoms with Crippen molar-refractivity contribution in [1.82, 2.24) is 4.90 Å². The molecule has 0 aromatic heterocycles. The van der Waals surface area contributed by atoms with Gasteiger partial charge in [0.15, 0.2) is 13.9 Å². The number of anilines is 1. The molecule has 1 spiro atoms. The van der Waals surface area contributed by atoms with Crippen molar-refractivity contribution >= 4 is 41.7 Å². The number of carbonyl (C=O) groups is 2. The second kappa shape index (κ2) is 9.78. The van der Waals surface area contributed by atoms with Crippen molar-refractivity contribution in [2.75, 3.05) is 25.1 Å². The van der Waals surface area contributed by atoms with Crippen molar-refractivity contribution in [1.29, 1.82) is 0 Å². The van der Waals surface area contributed by atoms with Gasteiger partial charge in [-0.1, -0.05) is 53.2 Å². The molecule has 1 fully saturated rings. The highest BCUT2D eigenvalue weighted by Crippen LogP contribution is 2.59. The Bertz CT molecular complexity index is 1110. The summed E-state index contributed by atoms with van der Waals surface area (Å²) >= 11 is 3.52. The minimum atomic E-state index is -2.85. The van der Waals surface area contributed by atoms with Crippen LogP contribution in [-0.4, -0.2) is 61.2 Å². The van der Waals surface area contributed by atoms with Crippen LogP contribution in [0.2, 0.25) is 18.6 Å². The van der Waals surface area contributed by atoms with Crippen LogP contribution in [0.15, 0.2) is 53.0 Å². The lowest BCUT2D eigenvalue weighted by molar-refractivity contribution is -0.149. The number of aliphatic hydroxyl groups excluding tert-OH is 1. The summed E-state index contributed by atoms with van der Waals surface area (Å²) in [6.45, 7) is 6.05. The monoisotopic (exact) mass is 560 g/mol. The largest absolute Gasteiger partial charge is 0.432 e. The average molecular weight is 562 g/mol. The summed E-state index contributed by atoms with van der Waals surface area (Å²) in [7, 11) is -1.12. The Balaban J connectivity index is 1.68. The van der Waals surface area contributed by atoms with Crippen molar-refractivity contribution in [3.8, 4) is 0 Å². The molecule has 35 heavy (non-hydrogen) atoms. The van der Waals surface area contributed by atoms with Crippen LogP contribution in [0, 0.1) is 5.92 Å². The summed E-state index contributed by atoms with van der Waals surface area (Å²) < 4.78 is 7.46. The molecule has 0 aliphatic carbocycles. The first-order valence-electron chi connectivity index (χ1n) is 11.9. The first-order valence-corrected chi connectivity index (χ1v) is 15.7. The van der Waals surface area contributed by atoms with E-state index in [1.807, 2.05) is 68.5 Å². The van der Waals surface area contributed by atoms with Crippen LogP contribution in [0.4, 0.5) is 5.69 Å². The smallest absolute Gasteiger partial charge is 0.264 e. The summed E-state index contributed by atoms with van der Waals surface area (Å²) in [4.78, 5) is 41.7. The quantitative estimate of drug-likeness (QED) is 0.504. The SMILES string of the molecule is C[C@H]1[C@H]([Si](C)(C)O)[C@@H](CC(=O)N(CCO)Cc2ccccc2)O[C@]12C(=O)N(C)c1ccc(Br)cc12. The van der Waals surface area contributed by atoms with E-state index in [-0.39, 0.29) is 42.8 Å². The van der Waals surface area contributed by atoms with Gasteiger partial charge in [-0.2, -0.15) is 0 Å². The van der Waals surface area contributed by atoms with Gasteiger partial charge in [-0.15, -0.1) is 0 Å². The number of hydrogen-bond donors (Lipinski definition) is 2. The van der Waals surface area contributed by atoms with E-state index in [0.717, 1.165) is 21.3 Å². The van der Waals surface area contributed by atoms with E-state index < -0.39 is 20.0 Å². The number of ether oxygens (including phenoxy) is 1. The summed E-state index contributed by atoms with van der Waals surface area (Å²) in [6, 6.07) is 15.3. The van der Waals surface area contributed by atoms with Gasteiger partial charge in [-0.05, 0) is 36.9 Å². The molecule has 2 aliphatic rings. The summed E-state index contributed by atoms with van der Waals surface area (Å²) in [5.74, 6) is -0.667. The highest BCUT2D eigenvalue weighted by atomic mass is 79.9. The van der Waals surface area contributed by atoms with E-state index in [2.05, 4.69) is 15.9 Å². The third kappa shape index (κ3) is 4.60. The first kappa shape index (κ1) is 26.0. The van der Waals surface area contributed by atoms with Crippen molar-refractivity contribution in [2.24, 2.45) is 5.92 Å². The Kier molecular flexibility index (Phi) is 7.27. The van der Waals surface area contributed by atoms with Crippen molar-refractivity contribution in [3.63, 3.8) is 0 Å². The maximum Gasteiger partial charge on any atom is 0.264 e. The van der Waals surface area contributed by atoms with Gasteiger partial charge in [0.05, 0.1) is 24.8 Å². The zero-order valence-electron chi connectivity index (χ0n) is 20.6. The normalized spacial score (nSPS) is 25.9. The second-order valence-corrected chi connectivity index (χ2v) is 15.0. The Morgan fingerprint density at radius 1 is 1.23 bits per heavy atom. The summed E-state index contributed by atoms with van der Waals surface area (Å²) in [5.41, 5.74) is 0.922. The molecular weight excluding hydrogens is 528 g/mol. The molecule has 2 aromatic rings. The van der Waals surface area contributed by atoms with Gasteiger partial charge < -0.3 is 24.4 Å². The number of rotatable bonds is 7. The van der Waals surface area contributed by atoms with Crippen molar-refractivity contribution < 1.29 is 24.2 Å². The molecule has 2 N–H and O–H groups in total. The van der Waals surface area contributed by atoms with Gasteiger partial charge in [0.1, 0.15) is 0 Å². The van der Waals surface area contributed by atoms with Gasteiger partial charge in [0, 0.05) is 41.6 Å². The van der Waals surface area contributed by atoms with Crippen LogP contribution in [0.1, 0.15) is 24.5 Å². The molecule has 2 amide bonds. The van der Waals surface area contributed by atoms with Crippen LogP contribution in [-0.2, 0) is 26.5 Å². The highest BCUT2D eigenvalue weighted by Gasteiger charge is 2.66. The number of nitrogens with zero attached hydrogens (tertiary/aromatic N) is 2. The lowest BCUT2D eigenvalue weighted by Gasteiger charge is -2.32. The van der Waals surface area contributed by atoms with E-state index in [4.69, 9.17) is 4.74 Å². The number of carbonyl (C=O) groups excluding carboxylic acids is 2. The van der Waals surface area contributed by atoms with E-state index in [9.17, 15) is 19.5 Å². The summed E-state index contributed by atoms with van der Waals surface area (Å²) in [6.07, 6.45) is -0.593. The van der Waals surface area contributed by atoms with Gasteiger partial charge in [-0.3, -0.25) is 9.59 Å². The number of aliphatic hydroxyl groups is 1. The molecule has 2 aliphatic heterocycles. The van der Waals surface area contributed by atoms with Crippen LogP contribution < -0.4 is 4.90 Å². The highest BCUT2D eigenvalue weighted by molar-refractivity contribution is 9.10. The fraction of sp³-hybridized carbons (Fsp3) is 0.462. The van der Waals surface area contributed by atoms with E-state index in [1.165, 1.54) is 0 Å². The Morgan fingerprint density at radius 2 is 1.91 bits per heavy atom. The third-order valence-electron chi connectivity index (χ3n) is 7.39. The molecule has 0 unspecified atom stereocenters. The minimum Gasteiger partial charge on any atom is -0.432 e. The lowest BCUT2D eigenvalue weighted by atomic mass is 9.82. The van der Waals surface area contributed by atoms with Crippen LogP contribution in [0.5, 0.6) is 0 Å². The van der Waals surface area contributed by atoms with Gasteiger partial charge >= 0.3 is 0 Å². The molecule has 4 rings (SSSR count). The molecule has 7 nitrogen and oxygen atoms in total. The van der Waals surface area contributed by atoms with E-state index >= 15 is 0 Å². The Morgan fingerprint density at radius 3 is 2.54 bits per heavy atom. The molecule has 9 heteroatoms. The van der Waals surface area contributed by atoms with Crippen LogP contribution >= 0.6 is 15.9 Å². The van der Waals surface area contributed by atoms with E-state index in [0.29, 0.717) is 6.54 Å². The predicted octanol–water partition coefficient (Wildman–Crippen LogP) is 3.63. The zero-order valence-corrected chi connectivity index (χ0v) is 23.2. The standard InChI is InChI=1S/C26H33BrN2O5Si/c1-17-24(35(3,4)33)22(15-23(31)29(12-13-30)16-18-8-6-5-7-9-18)34-26(17)20-14-19(27)10-11-21(20)28(2)25(26)32/h5-11,14,17,22,24,30,33H,12-13,15-16H2,1-4H3/t17-,22+,24-,26+/m0/s1.